The topological polar surface area (TPSA) is 38.5 Å². The summed E-state index contributed by atoms with van der Waals surface area (Å²) < 4.78 is 5.87. The average molecular weight is 212 g/mol. The third-order valence-electron chi connectivity index (χ3n) is 3.88. The van der Waals surface area contributed by atoms with E-state index in [9.17, 15) is 0 Å². The van der Waals surface area contributed by atoms with E-state index in [-0.39, 0.29) is 0 Å². The van der Waals surface area contributed by atoms with Crippen LogP contribution in [-0.2, 0) is 4.74 Å². The van der Waals surface area contributed by atoms with E-state index < -0.39 is 0 Å². The van der Waals surface area contributed by atoms with Crippen LogP contribution >= 0.6 is 0 Å². The second kappa shape index (κ2) is 4.81. The Morgan fingerprint density at radius 3 is 2.67 bits per heavy atom. The molecule has 0 radical (unpaired) electrons. The van der Waals surface area contributed by atoms with E-state index in [2.05, 4.69) is 18.7 Å². The van der Waals surface area contributed by atoms with E-state index >= 15 is 0 Å². The highest BCUT2D eigenvalue weighted by Gasteiger charge is 2.31. The van der Waals surface area contributed by atoms with Crippen molar-refractivity contribution >= 4 is 0 Å². The number of rotatable bonds is 3. The zero-order valence-electron chi connectivity index (χ0n) is 9.98. The fourth-order valence-electron chi connectivity index (χ4n) is 2.92. The Hall–Kier alpha value is -0.120. The third kappa shape index (κ3) is 2.71. The first-order chi connectivity index (χ1) is 7.19. The lowest BCUT2D eigenvalue weighted by Crippen LogP contribution is -2.35. The van der Waals surface area contributed by atoms with E-state index in [0.29, 0.717) is 24.2 Å². The largest absolute Gasteiger partial charge is 0.374 e. The van der Waals surface area contributed by atoms with Gasteiger partial charge in [0.25, 0.3) is 0 Å². The molecule has 2 rings (SSSR count). The number of hydrogen-bond donors (Lipinski definition) is 1. The lowest BCUT2D eigenvalue weighted by Gasteiger charge is -2.24. The van der Waals surface area contributed by atoms with Crippen LogP contribution < -0.4 is 5.73 Å². The Morgan fingerprint density at radius 2 is 2.13 bits per heavy atom. The quantitative estimate of drug-likeness (QED) is 0.764. The molecule has 0 aromatic rings. The minimum absolute atomic E-state index is 0.471. The van der Waals surface area contributed by atoms with Gasteiger partial charge >= 0.3 is 0 Å². The van der Waals surface area contributed by atoms with Crippen molar-refractivity contribution in [3.8, 4) is 0 Å². The van der Waals surface area contributed by atoms with Crippen molar-refractivity contribution in [3.63, 3.8) is 0 Å². The van der Waals surface area contributed by atoms with Crippen molar-refractivity contribution in [1.29, 1.82) is 0 Å². The maximum atomic E-state index is 5.87. The monoisotopic (exact) mass is 212 g/mol. The first-order valence-corrected chi connectivity index (χ1v) is 6.28. The van der Waals surface area contributed by atoms with Crippen LogP contribution in [0.1, 0.15) is 33.1 Å². The highest BCUT2D eigenvalue weighted by atomic mass is 16.5. The molecule has 0 aromatic carbocycles. The summed E-state index contributed by atoms with van der Waals surface area (Å²) in [6.07, 6.45) is 4.67. The lowest BCUT2D eigenvalue weighted by molar-refractivity contribution is 0.0296. The minimum atomic E-state index is 0.471. The summed E-state index contributed by atoms with van der Waals surface area (Å²) in [5.74, 6) is 0.707. The molecule has 4 unspecified atom stereocenters. The molecule has 0 aromatic heterocycles. The summed E-state index contributed by atoms with van der Waals surface area (Å²) in [4.78, 5) is 2.56. The van der Waals surface area contributed by atoms with Gasteiger partial charge in [-0.2, -0.15) is 0 Å². The highest BCUT2D eigenvalue weighted by molar-refractivity contribution is 4.85. The summed E-state index contributed by atoms with van der Waals surface area (Å²) in [5, 5.41) is 0. The fraction of sp³-hybridized carbons (Fsp3) is 1.00. The van der Waals surface area contributed by atoms with Gasteiger partial charge in [0, 0.05) is 19.1 Å². The van der Waals surface area contributed by atoms with Crippen molar-refractivity contribution in [2.75, 3.05) is 19.6 Å². The summed E-state index contributed by atoms with van der Waals surface area (Å²) in [6.45, 7) is 7.61. The predicted molar refractivity (Wildman–Crippen MR) is 61.8 cm³/mol. The molecule has 0 amide bonds. The van der Waals surface area contributed by atoms with Gasteiger partial charge in [-0.05, 0) is 45.6 Å². The van der Waals surface area contributed by atoms with Crippen molar-refractivity contribution in [2.24, 2.45) is 11.7 Å². The maximum Gasteiger partial charge on any atom is 0.0706 e. The van der Waals surface area contributed by atoms with Gasteiger partial charge in [-0.3, -0.25) is 4.90 Å². The SMILES string of the molecule is CC1CCC(CN2CC(CN)CC2C)O1. The number of nitrogens with two attached hydrogens (primary N) is 1. The average Bonchev–Trinajstić information content (AvgIpc) is 2.75. The van der Waals surface area contributed by atoms with Crippen molar-refractivity contribution in [1.82, 2.24) is 4.90 Å². The van der Waals surface area contributed by atoms with Gasteiger partial charge < -0.3 is 10.5 Å². The second-order valence-corrected chi connectivity index (χ2v) is 5.29. The second-order valence-electron chi connectivity index (χ2n) is 5.29. The van der Waals surface area contributed by atoms with Gasteiger partial charge in [0.1, 0.15) is 0 Å². The van der Waals surface area contributed by atoms with Gasteiger partial charge in [-0.15, -0.1) is 0 Å². The molecule has 88 valence electrons. The molecule has 0 spiro atoms. The number of nitrogens with zero attached hydrogens (tertiary/aromatic N) is 1. The summed E-state index contributed by atoms with van der Waals surface area (Å²) in [5.41, 5.74) is 5.73. The molecule has 2 fully saturated rings. The third-order valence-corrected chi connectivity index (χ3v) is 3.88. The number of hydrogen-bond acceptors (Lipinski definition) is 3. The first kappa shape index (κ1) is 11.4. The molecule has 3 heteroatoms. The summed E-state index contributed by atoms with van der Waals surface area (Å²) in [7, 11) is 0. The van der Waals surface area contributed by atoms with Crippen molar-refractivity contribution in [2.45, 2.75) is 51.4 Å². The molecular weight excluding hydrogens is 188 g/mol. The molecule has 0 saturated carbocycles. The molecule has 2 aliphatic heterocycles. The Bertz CT molecular complexity index is 210. The molecule has 2 N–H and O–H groups in total. The van der Waals surface area contributed by atoms with Crippen molar-refractivity contribution < 1.29 is 4.74 Å². The highest BCUT2D eigenvalue weighted by Crippen LogP contribution is 2.26. The molecule has 3 nitrogen and oxygen atoms in total. The lowest BCUT2D eigenvalue weighted by atomic mass is 10.1. The minimum Gasteiger partial charge on any atom is -0.374 e. The Kier molecular flexibility index (Phi) is 3.65. The van der Waals surface area contributed by atoms with Gasteiger partial charge in [-0.25, -0.2) is 0 Å². The van der Waals surface area contributed by atoms with Gasteiger partial charge in [-0.1, -0.05) is 0 Å². The van der Waals surface area contributed by atoms with Crippen LogP contribution in [0.4, 0.5) is 0 Å². The molecule has 2 aliphatic rings. The molecule has 2 saturated heterocycles. The van der Waals surface area contributed by atoms with Crippen LogP contribution in [0.5, 0.6) is 0 Å². The molecular formula is C12H24N2O. The van der Waals surface area contributed by atoms with Gasteiger partial charge in [0.05, 0.1) is 12.2 Å². The van der Waals surface area contributed by atoms with E-state index in [1.807, 2.05) is 0 Å². The van der Waals surface area contributed by atoms with E-state index in [0.717, 1.165) is 13.1 Å². The van der Waals surface area contributed by atoms with E-state index in [4.69, 9.17) is 10.5 Å². The van der Waals surface area contributed by atoms with Crippen LogP contribution in [0.2, 0.25) is 0 Å². The number of likely N-dealkylation sites (tertiary alicyclic amines) is 1. The van der Waals surface area contributed by atoms with Gasteiger partial charge in [0.15, 0.2) is 0 Å². The fourth-order valence-corrected chi connectivity index (χ4v) is 2.92. The standard InChI is InChI=1S/C12H24N2O/c1-9-5-11(6-13)7-14(9)8-12-4-3-10(2)15-12/h9-12H,3-8,13H2,1-2H3. The normalized spacial score (nSPS) is 42.6. The summed E-state index contributed by atoms with van der Waals surface area (Å²) in [6, 6.07) is 0.693. The molecule has 2 heterocycles. The Labute approximate surface area is 93.0 Å². The van der Waals surface area contributed by atoms with E-state index in [1.54, 1.807) is 0 Å². The van der Waals surface area contributed by atoms with Crippen LogP contribution in [0.3, 0.4) is 0 Å². The van der Waals surface area contributed by atoms with Crippen LogP contribution in [0.15, 0.2) is 0 Å². The smallest absolute Gasteiger partial charge is 0.0706 e. The maximum absolute atomic E-state index is 5.87. The molecule has 0 aliphatic carbocycles. The first-order valence-electron chi connectivity index (χ1n) is 6.28. The van der Waals surface area contributed by atoms with Crippen LogP contribution in [0.25, 0.3) is 0 Å². The molecule has 0 bridgehead atoms. The van der Waals surface area contributed by atoms with Gasteiger partial charge in [0.2, 0.25) is 0 Å². The Balaban J connectivity index is 1.79. The van der Waals surface area contributed by atoms with Crippen molar-refractivity contribution in [3.05, 3.63) is 0 Å². The van der Waals surface area contributed by atoms with E-state index in [1.165, 1.54) is 25.8 Å². The Morgan fingerprint density at radius 1 is 1.33 bits per heavy atom. The van der Waals surface area contributed by atoms with Crippen LogP contribution in [0, 0.1) is 5.92 Å². The predicted octanol–water partition coefficient (Wildman–Crippen LogP) is 1.22. The molecule has 15 heavy (non-hydrogen) atoms. The number of ether oxygens (including phenoxy) is 1. The summed E-state index contributed by atoms with van der Waals surface area (Å²) >= 11 is 0. The zero-order valence-corrected chi connectivity index (χ0v) is 9.98. The molecule has 4 atom stereocenters. The van der Waals surface area contributed by atoms with Crippen LogP contribution in [-0.4, -0.2) is 42.8 Å². The zero-order chi connectivity index (χ0) is 10.8.